The van der Waals surface area contributed by atoms with Gasteiger partial charge in [0.15, 0.2) is 0 Å². The molecule has 5 heteroatoms. The highest BCUT2D eigenvalue weighted by atomic mass is 15.3. The first-order valence-electron chi connectivity index (χ1n) is 5.03. The summed E-state index contributed by atoms with van der Waals surface area (Å²) in [6, 6.07) is 0. The molecule has 16 heavy (non-hydrogen) atoms. The molecule has 0 aliphatic heterocycles. The van der Waals surface area contributed by atoms with Crippen LogP contribution in [0.4, 0.5) is 5.82 Å². The minimum absolute atomic E-state index is 0.431. The van der Waals surface area contributed by atoms with Crippen molar-refractivity contribution in [3.05, 3.63) is 18.7 Å². The predicted octanol–water partition coefficient (Wildman–Crippen LogP) is 0.982. The second-order valence-electron chi connectivity index (χ2n) is 3.40. The first-order valence-corrected chi connectivity index (χ1v) is 5.03. The van der Waals surface area contributed by atoms with E-state index in [1.54, 1.807) is 17.1 Å². The van der Waals surface area contributed by atoms with E-state index in [-0.39, 0.29) is 0 Å². The lowest BCUT2D eigenvalue weighted by atomic mass is 10.2. The number of anilines is 1. The Kier molecular flexibility index (Phi) is 2.64. The Hall–Kier alpha value is -2.22. The molecule has 0 amide bonds. The molecule has 0 aliphatic rings. The molecule has 2 heterocycles. The number of aryl methyl sites for hydroxylation is 1. The maximum atomic E-state index is 5.94. The average Bonchev–Trinajstić information content (AvgIpc) is 2.87. The van der Waals surface area contributed by atoms with Crippen LogP contribution in [0.5, 0.6) is 0 Å². The third kappa shape index (κ3) is 1.65. The number of hydrogen-bond acceptors (Lipinski definition) is 3. The Balaban J connectivity index is 2.37. The molecule has 2 N–H and O–H groups in total. The van der Waals surface area contributed by atoms with E-state index >= 15 is 0 Å². The molecule has 2 aromatic heterocycles. The maximum Gasteiger partial charge on any atom is 0.132 e. The molecule has 5 nitrogen and oxygen atoms in total. The number of aromatic nitrogens is 4. The summed E-state index contributed by atoms with van der Waals surface area (Å²) in [7, 11) is 0. The minimum atomic E-state index is 0.431. The van der Waals surface area contributed by atoms with Gasteiger partial charge in [0.1, 0.15) is 11.5 Å². The molecule has 82 valence electrons. The van der Waals surface area contributed by atoms with Crippen molar-refractivity contribution in [2.24, 2.45) is 0 Å². The number of terminal acetylenes is 1. The van der Waals surface area contributed by atoms with Crippen LogP contribution in [-0.4, -0.2) is 19.3 Å². The zero-order chi connectivity index (χ0) is 11.5. The van der Waals surface area contributed by atoms with E-state index in [0.29, 0.717) is 12.4 Å². The van der Waals surface area contributed by atoms with Gasteiger partial charge in [-0.2, -0.15) is 5.10 Å². The highest BCUT2D eigenvalue weighted by molar-refractivity contribution is 5.69. The number of nitrogen functional groups attached to an aromatic ring is 1. The molecule has 0 saturated carbocycles. The van der Waals surface area contributed by atoms with Crippen LogP contribution in [0.25, 0.3) is 11.3 Å². The Morgan fingerprint density at radius 3 is 3.00 bits per heavy atom. The van der Waals surface area contributed by atoms with Crippen LogP contribution in [-0.2, 0) is 13.1 Å². The van der Waals surface area contributed by atoms with Gasteiger partial charge in [-0.3, -0.25) is 4.68 Å². The van der Waals surface area contributed by atoms with Crippen LogP contribution in [0, 0.1) is 12.3 Å². The molecule has 0 aromatic carbocycles. The highest BCUT2D eigenvalue weighted by Crippen LogP contribution is 2.23. The quantitative estimate of drug-likeness (QED) is 0.776. The van der Waals surface area contributed by atoms with Gasteiger partial charge >= 0.3 is 0 Å². The zero-order valence-corrected chi connectivity index (χ0v) is 9.09. The van der Waals surface area contributed by atoms with Crippen molar-refractivity contribution in [2.75, 3.05) is 5.73 Å². The summed E-state index contributed by atoms with van der Waals surface area (Å²) in [6.07, 6.45) is 10.5. The fraction of sp³-hybridized carbons (Fsp3) is 0.273. The van der Waals surface area contributed by atoms with Crippen molar-refractivity contribution in [3.8, 4) is 23.6 Å². The van der Waals surface area contributed by atoms with E-state index in [4.69, 9.17) is 12.2 Å². The predicted molar refractivity (Wildman–Crippen MR) is 62.4 cm³/mol. The van der Waals surface area contributed by atoms with Crippen molar-refractivity contribution in [1.29, 1.82) is 0 Å². The number of hydrogen-bond donors (Lipinski definition) is 1. The summed E-state index contributed by atoms with van der Waals surface area (Å²) >= 11 is 0. The second-order valence-corrected chi connectivity index (χ2v) is 3.40. The number of rotatable bonds is 3. The topological polar surface area (TPSA) is 61.7 Å². The third-order valence-corrected chi connectivity index (χ3v) is 2.37. The molecule has 2 aromatic rings. The van der Waals surface area contributed by atoms with Gasteiger partial charge in [0.05, 0.1) is 19.1 Å². The van der Waals surface area contributed by atoms with Crippen LogP contribution in [0.15, 0.2) is 18.7 Å². The normalized spacial score (nSPS) is 10.2. The molecule has 0 fully saturated rings. The van der Waals surface area contributed by atoms with Crippen molar-refractivity contribution in [1.82, 2.24) is 19.3 Å². The molecule has 0 aliphatic carbocycles. The monoisotopic (exact) mass is 215 g/mol. The van der Waals surface area contributed by atoms with E-state index in [0.717, 1.165) is 17.8 Å². The summed E-state index contributed by atoms with van der Waals surface area (Å²) in [6.45, 7) is 3.28. The van der Waals surface area contributed by atoms with Crippen LogP contribution >= 0.6 is 0 Å². The van der Waals surface area contributed by atoms with Crippen LogP contribution < -0.4 is 5.73 Å². The molecule has 0 saturated heterocycles. The largest absolute Gasteiger partial charge is 0.383 e. The van der Waals surface area contributed by atoms with Crippen molar-refractivity contribution < 1.29 is 0 Å². The molecule has 0 atom stereocenters. The maximum absolute atomic E-state index is 5.94. The highest BCUT2D eigenvalue weighted by Gasteiger charge is 2.10. The van der Waals surface area contributed by atoms with Gasteiger partial charge in [-0.25, -0.2) is 4.98 Å². The van der Waals surface area contributed by atoms with Crippen molar-refractivity contribution in [3.63, 3.8) is 0 Å². The summed E-state index contributed by atoms with van der Waals surface area (Å²) in [5.74, 6) is 3.11. The van der Waals surface area contributed by atoms with Gasteiger partial charge in [0.2, 0.25) is 0 Å². The third-order valence-electron chi connectivity index (χ3n) is 2.37. The molecule has 0 spiro atoms. The fourth-order valence-electron chi connectivity index (χ4n) is 1.50. The lowest BCUT2D eigenvalue weighted by Gasteiger charge is -1.99. The second kappa shape index (κ2) is 4.11. The van der Waals surface area contributed by atoms with E-state index in [1.807, 2.05) is 17.8 Å². The lowest BCUT2D eigenvalue weighted by Crippen LogP contribution is -2.00. The van der Waals surface area contributed by atoms with Crippen molar-refractivity contribution >= 4 is 5.82 Å². The standard InChI is InChI=1S/C11H13N5/c1-3-5-15-8-13-10(11(15)12)9-6-14-16(4-2)7-9/h1,6-8H,4-5,12H2,2H3. The molecule has 0 bridgehead atoms. The smallest absolute Gasteiger partial charge is 0.132 e. The van der Waals surface area contributed by atoms with E-state index < -0.39 is 0 Å². The Morgan fingerprint density at radius 2 is 2.38 bits per heavy atom. The Morgan fingerprint density at radius 1 is 1.56 bits per heavy atom. The molecule has 0 radical (unpaired) electrons. The Labute approximate surface area is 93.9 Å². The zero-order valence-electron chi connectivity index (χ0n) is 9.09. The van der Waals surface area contributed by atoms with Crippen LogP contribution in [0.3, 0.4) is 0 Å². The molecular weight excluding hydrogens is 202 g/mol. The summed E-state index contributed by atoms with van der Waals surface area (Å²) < 4.78 is 3.56. The van der Waals surface area contributed by atoms with Crippen molar-refractivity contribution in [2.45, 2.75) is 20.0 Å². The van der Waals surface area contributed by atoms with Crippen LogP contribution in [0.2, 0.25) is 0 Å². The summed E-state index contributed by atoms with van der Waals surface area (Å²) in [4.78, 5) is 4.24. The summed E-state index contributed by atoms with van der Waals surface area (Å²) in [5, 5.41) is 4.18. The Bertz CT molecular complexity index is 529. The summed E-state index contributed by atoms with van der Waals surface area (Å²) in [5.41, 5.74) is 7.58. The average molecular weight is 215 g/mol. The molecule has 0 unspecified atom stereocenters. The lowest BCUT2D eigenvalue weighted by molar-refractivity contribution is 0.660. The van der Waals surface area contributed by atoms with Gasteiger partial charge in [0, 0.05) is 18.3 Å². The first kappa shape index (κ1) is 10.3. The van der Waals surface area contributed by atoms with Gasteiger partial charge in [-0.15, -0.1) is 6.42 Å². The molecule has 2 rings (SSSR count). The first-order chi connectivity index (χ1) is 7.76. The number of nitrogens with two attached hydrogens (primary N) is 1. The molecular formula is C11H13N5. The van der Waals surface area contributed by atoms with Gasteiger partial charge in [-0.05, 0) is 6.92 Å². The number of nitrogens with zero attached hydrogens (tertiary/aromatic N) is 4. The van der Waals surface area contributed by atoms with E-state index in [9.17, 15) is 0 Å². The van der Waals surface area contributed by atoms with Gasteiger partial charge in [-0.1, -0.05) is 5.92 Å². The van der Waals surface area contributed by atoms with Crippen LogP contribution in [0.1, 0.15) is 6.92 Å². The SMILES string of the molecule is C#CCn1cnc(-c2cnn(CC)c2)c1N. The van der Waals surface area contributed by atoms with Gasteiger partial charge in [0.25, 0.3) is 0 Å². The number of imidazole rings is 1. The van der Waals surface area contributed by atoms with Gasteiger partial charge < -0.3 is 10.3 Å². The minimum Gasteiger partial charge on any atom is -0.383 e. The van der Waals surface area contributed by atoms with E-state index in [2.05, 4.69) is 16.0 Å². The fourth-order valence-corrected chi connectivity index (χ4v) is 1.50. The van der Waals surface area contributed by atoms with E-state index in [1.165, 1.54) is 0 Å².